The Kier molecular flexibility index (Phi) is 7.25. The first-order valence-electron chi connectivity index (χ1n) is 12.7. The van der Waals surface area contributed by atoms with Crippen LogP contribution in [0.25, 0.3) is 0 Å². The summed E-state index contributed by atoms with van der Waals surface area (Å²) in [4.78, 5) is 18.1. The normalized spacial score (nSPS) is 18.9. The lowest BCUT2D eigenvalue weighted by Gasteiger charge is -2.35. The molecule has 0 radical (unpaired) electrons. The van der Waals surface area contributed by atoms with Gasteiger partial charge in [-0.1, -0.05) is 72.3 Å². The van der Waals surface area contributed by atoms with Gasteiger partial charge in [-0.25, -0.2) is 9.40 Å². The molecule has 0 saturated carbocycles. The van der Waals surface area contributed by atoms with E-state index in [1.807, 2.05) is 12.1 Å². The van der Waals surface area contributed by atoms with Crippen LogP contribution in [-0.4, -0.2) is 59.2 Å². The number of aryl methyl sites for hydroxylation is 2. The van der Waals surface area contributed by atoms with Gasteiger partial charge in [-0.3, -0.25) is 14.6 Å². The Morgan fingerprint density at radius 1 is 0.917 bits per heavy atom. The van der Waals surface area contributed by atoms with Gasteiger partial charge in [-0.2, -0.15) is 5.10 Å². The molecule has 3 aromatic rings. The van der Waals surface area contributed by atoms with Gasteiger partial charge in [0.2, 0.25) is 0 Å². The molecule has 1 amide bonds. The van der Waals surface area contributed by atoms with E-state index in [0.29, 0.717) is 12.0 Å². The molecule has 1 fully saturated rings. The van der Waals surface area contributed by atoms with Crippen molar-refractivity contribution in [2.24, 2.45) is 5.10 Å². The van der Waals surface area contributed by atoms with E-state index in [2.05, 4.69) is 66.1 Å². The summed E-state index contributed by atoms with van der Waals surface area (Å²) < 4.78 is 14.8. The fourth-order valence-corrected chi connectivity index (χ4v) is 5.24. The van der Waals surface area contributed by atoms with Gasteiger partial charge < -0.3 is 0 Å². The third-order valence-corrected chi connectivity index (χ3v) is 7.20. The molecule has 0 aromatic heterocycles. The quantitative estimate of drug-likeness (QED) is 0.498. The average Bonchev–Trinajstić information content (AvgIpc) is 3.31. The first kappa shape index (κ1) is 24.3. The van der Waals surface area contributed by atoms with Crippen molar-refractivity contribution in [1.82, 2.24) is 14.8 Å². The number of hydrogen-bond donors (Lipinski definition) is 0. The minimum absolute atomic E-state index is 0.0838. The van der Waals surface area contributed by atoms with Crippen LogP contribution in [0, 0.1) is 19.7 Å². The van der Waals surface area contributed by atoms with Crippen molar-refractivity contribution < 1.29 is 9.18 Å². The molecule has 1 unspecified atom stereocenters. The number of hydrogen-bond acceptors (Lipinski definition) is 4. The molecule has 5 nitrogen and oxygen atoms in total. The standard InChI is InChI=1S/C30H33FN4O/c1-22-12-13-25(23(2)18-22)28-19-29(26-10-6-7-11-27(26)31)35(32-28)30(36)21-34-16-14-33(15-17-34)20-24-8-4-3-5-9-24/h3-13,18,29H,14-17,19-21H2,1-2H3. The van der Waals surface area contributed by atoms with Crippen LogP contribution in [0.1, 0.15) is 40.3 Å². The van der Waals surface area contributed by atoms with Crippen LogP contribution < -0.4 is 0 Å². The van der Waals surface area contributed by atoms with E-state index in [0.717, 1.165) is 49.6 Å². The molecule has 2 heterocycles. The molecule has 2 aliphatic heterocycles. The molecule has 1 saturated heterocycles. The molecule has 0 bridgehead atoms. The van der Waals surface area contributed by atoms with E-state index in [9.17, 15) is 9.18 Å². The number of nitrogens with zero attached hydrogens (tertiary/aromatic N) is 4. The van der Waals surface area contributed by atoms with Crippen molar-refractivity contribution >= 4 is 11.6 Å². The van der Waals surface area contributed by atoms with E-state index in [1.165, 1.54) is 22.2 Å². The number of rotatable bonds is 6. The van der Waals surface area contributed by atoms with Crippen molar-refractivity contribution in [3.8, 4) is 0 Å². The molecule has 5 rings (SSSR count). The van der Waals surface area contributed by atoms with Gasteiger partial charge in [-0.05, 0) is 31.0 Å². The van der Waals surface area contributed by atoms with Crippen molar-refractivity contribution in [3.05, 3.63) is 106 Å². The van der Waals surface area contributed by atoms with E-state index in [-0.39, 0.29) is 18.3 Å². The molecule has 36 heavy (non-hydrogen) atoms. The van der Waals surface area contributed by atoms with Crippen LogP contribution in [0.3, 0.4) is 0 Å². The van der Waals surface area contributed by atoms with Gasteiger partial charge in [0.05, 0.1) is 18.3 Å². The number of piperazine rings is 1. The largest absolute Gasteiger partial charge is 0.297 e. The van der Waals surface area contributed by atoms with E-state index in [1.54, 1.807) is 12.1 Å². The fraction of sp³-hybridized carbons (Fsp3) is 0.333. The van der Waals surface area contributed by atoms with E-state index in [4.69, 9.17) is 5.10 Å². The molecule has 3 aromatic carbocycles. The second-order valence-corrected chi connectivity index (χ2v) is 9.88. The third kappa shape index (κ3) is 5.40. The predicted octanol–water partition coefficient (Wildman–Crippen LogP) is 4.94. The molecular formula is C30H33FN4O. The first-order valence-corrected chi connectivity index (χ1v) is 12.7. The topological polar surface area (TPSA) is 39.2 Å². The Bertz CT molecular complexity index is 1250. The minimum Gasteiger partial charge on any atom is -0.297 e. The van der Waals surface area contributed by atoms with Gasteiger partial charge in [-0.15, -0.1) is 0 Å². The van der Waals surface area contributed by atoms with Crippen LogP contribution in [0.2, 0.25) is 0 Å². The number of benzene rings is 3. The summed E-state index contributed by atoms with van der Waals surface area (Å²) in [7, 11) is 0. The summed E-state index contributed by atoms with van der Waals surface area (Å²) in [6, 6.07) is 23.0. The van der Waals surface area contributed by atoms with Gasteiger partial charge in [0.15, 0.2) is 0 Å². The number of carbonyl (C=O) groups excluding carboxylic acids is 1. The molecule has 0 aliphatic carbocycles. The zero-order valence-electron chi connectivity index (χ0n) is 21.0. The Hall–Kier alpha value is -3.35. The molecule has 6 heteroatoms. The molecule has 1 atom stereocenters. The lowest BCUT2D eigenvalue weighted by molar-refractivity contribution is -0.134. The van der Waals surface area contributed by atoms with Crippen LogP contribution >= 0.6 is 0 Å². The summed E-state index contributed by atoms with van der Waals surface area (Å²) in [6.07, 6.45) is 0.501. The molecule has 2 aliphatic rings. The van der Waals surface area contributed by atoms with Gasteiger partial charge >= 0.3 is 0 Å². The zero-order valence-corrected chi connectivity index (χ0v) is 21.0. The molecule has 186 valence electrons. The summed E-state index contributed by atoms with van der Waals surface area (Å²) >= 11 is 0. The maximum Gasteiger partial charge on any atom is 0.257 e. The number of hydrazone groups is 1. The molecule has 0 spiro atoms. The summed E-state index contributed by atoms with van der Waals surface area (Å²) in [6.45, 7) is 8.80. The Balaban J connectivity index is 1.30. The highest BCUT2D eigenvalue weighted by Crippen LogP contribution is 2.35. The second kappa shape index (κ2) is 10.7. The predicted molar refractivity (Wildman–Crippen MR) is 141 cm³/mol. The number of halogens is 1. The van der Waals surface area contributed by atoms with Crippen LogP contribution in [0.15, 0.2) is 77.9 Å². The average molecular weight is 485 g/mol. The minimum atomic E-state index is -0.436. The maximum atomic E-state index is 14.8. The Morgan fingerprint density at radius 3 is 2.33 bits per heavy atom. The van der Waals surface area contributed by atoms with Crippen molar-refractivity contribution in [3.63, 3.8) is 0 Å². The summed E-state index contributed by atoms with van der Waals surface area (Å²) in [5.41, 5.74) is 5.97. The lowest BCUT2D eigenvalue weighted by Crippen LogP contribution is -2.49. The highest BCUT2D eigenvalue weighted by atomic mass is 19.1. The van der Waals surface area contributed by atoms with Crippen molar-refractivity contribution in [2.75, 3.05) is 32.7 Å². The zero-order chi connectivity index (χ0) is 25.1. The highest BCUT2D eigenvalue weighted by molar-refractivity contribution is 6.04. The SMILES string of the molecule is Cc1ccc(C2=NN(C(=O)CN3CCN(Cc4ccccc4)CC3)C(c3ccccc3F)C2)c(C)c1. The lowest BCUT2D eigenvalue weighted by atomic mass is 9.95. The summed E-state index contributed by atoms with van der Waals surface area (Å²) in [5.74, 6) is -0.383. The van der Waals surface area contributed by atoms with Gasteiger partial charge in [0, 0.05) is 50.3 Å². The van der Waals surface area contributed by atoms with E-state index < -0.39 is 6.04 Å². The monoisotopic (exact) mass is 484 g/mol. The smallest absolute Gasteiger partial charge is 0.257 e. The fourth-order valence-electron chi connectivity index (χ4n) is 5.24. The Labute approximate surface area is 212 Å². The molecular weight excluding hydrogens is 451 g/mol. The number of carbonyl (C=O) groups is 1. The van der Waals surface area contributed by atoms with Gasteiger partial charge in [0.1, 0.15) is 5.82 Å². The Morgan fingerprint density at radius 2 is 1.61 bits per heavy atom. The molecule has 0 N–H and O–H groups in total. The second-order valence-electron chi connectivity index (χ2n) is 9.88. The number of amides is 1. The van der Waals surface area contributed by atoms with Crippen molar-refractivity contribution in [2.45, 2.75) is 32.9 Å². The maximum absolute atomic E-state index is 14.8. The van der Waals surface area contributed by atoms with Crippen LogP contribution in [0.5, 0.6) is 0 Å². The summed E-state index contributed by atoms with van der Waals surface area (Å²) in [5, 5.41) is 6.31. The highest BCUT2D eigenvalue weighted by Gasteiger charge is 2.35. The van der Waals surface area contributed by atoms with Crippen LogP contribution in [0.4, 0.5) is 4.39 Å². The third-order valence-electron chi connectivity index (χ3n) is 7.20. The van der Waals surface area contributed by atoms with Gasteiger partial charge in [0.25, 0.3) is 5.91 Å². The first-order chi connectivity index (χ1) is 17.5. The van der Waals surface area contributed by atoms with E-state index >= 15 is 0 Å². The van der Waals surface area contributed by atoms with Crippen LogP contribution in [-0.2, 0) is 11.3 Å². The van der Waals surface area contributed by atoms with Crippen molar-refractivity contribution in [1.29, 1.82) is 0 Å².